The topological polar surface area (TPSA) is 67.5 Å². The van der Waals surface area contributed by atoms with Gasteiger partial charge < -0.3 is 11.1 Å². The number of nitrogens with two attached hydrogens (primary N) is 1. The molecule has 3 N–H and O–H groups in total. The molecule has 1 saturated carbocycles. The molecule has 0 saturated heterocycles. The van der Waals surface area contributed by atoms with Gasteiger partial charge in [-0.25, -0.2) is 0 Å². The van der Waals surface area contributed by atoms with Gasteiger partial charge in [0.15, 0.2) is 0 Å². The molecule has 0 bridgehead atoms. The summed E-state index contributed by atoms with van der Waals surface area (Å²) in [5.74, 6) is 0.475. The molecule has 0 spiro atoms. The van der Waals surface area contributed by atoms with Crippen LogP contribution in [0.2, 0.25) is 0 Å². The normalized spacial score (nSPS) is 28.9. The minimum Gasteiger partial charge on any atom is -0.349 e. The van der Waals surface area contributed by atoms with Crippen LogP contribution in [0.15, 0.2) is 16.8 Å². The molecule has 1 fully saturated rings. The lowest BCUT2D eigenvalue weighted by Crippen LogP contribution is -2.45. The van der Waals surface area contributed by atoms with Crippen LogP contribution < -0.4 is 11.1 Å². The second-order valence-electron chi connectivity index (χ2n) is 4.55. The van der Waals surface area contributed by atoms with Crippen LogP contribution in [-0.2, 0) is 4.79 Å². The molecule has 0 radical (unpaired) electrons. The zero-order valence-electron chi connectivity index (χ0n) is 9.48. The Hall–Kier alpha value is -1.16. The first-order valence-electron chi connectivity index (χ1n) is 6.03. The number of aliphatic imine (C=N–C) groups is 1. The molecular weight excluding hydrogens is 202 g/mol. The van der Waals surface area contributed by atoms with Crippen molar-refractivity contribution in [3.8, 4) is 0 Å². The number of amides is 1. The minimum absolute atomic E-state index is 0.0304. The number of rotatable bonds is 3. The molecule has 1 aliphatic carbocycles. The van der Waals surface area contributed by atoms with Crippen molar-refractivity contribution in [2.24, 2.45) is 16.6 Å². The van der Waals surface area contributed by atoms with Gasteiger partial charge in [-0.15, -0.1) is 0 Å². The van der Waals surface area contributed by atoms with E-state index in [-0.39, 0.29) is 11.9 Å². The van der Waals surface area contributed by atoms with Crippen molar-refractivity contribution < 1.29 is 4.79 Å². The number of nitrogens with zero attached hydrogens (tertiary/aromatic N) is 1. The molecule has 1 heterocycles. The van der Waals surface area contributed by atoms with Crippen LogP contribution in [0.1, 0.15) is 32.1 Å². The van der Waals surface area contributed by atoms with Gasteiger partial charge in [0.05, 0.1) is 0 Å². The smallest absolute Gasteiger partial charge is 0.249 e. The van der Waals surface area contributed by atoms with E-state index in [0.29, 0.717) is 18.9 Å². The minimum atomic E-state index is 0.0304. The summed E-state index contributed by atoms with van der Waals surface area (Å²) < 4.78 is 0. The van der Waals surface area contributed by atoms with E-state index in [4.69, 9.17) is 5.73 Å². The summed E-state index contributed by atoms with van der Waals surface area (Å²) in [5.41, 5.74) is 6.50. The maximum atomic E-state index is 11.9. The lowest BCUT2D eigenvalue weighted by atomic mass is 9.84. The monoisotopic (exact) mass is 221 g/mol. The molecule has 2 rings (SSSR count). The average molecular weight is 221 g/mol. The third-order valence-electron chi connectivity index (χ3n) is 3.47. The first-order valence-corrected chi connectivity index (χ1v) is 6.03. The summed E-state index contributed by atoms with van der Waals surface area (Å²) >= 11 is 0. The number of carbonyl (C=O) groups is 1. The Morgan fingerprint density at radius 3 is 3.00 bits per heavy atom. The summed E-state index contributed by atoms with van der Waals surface area (Å²) in [6.07, 6.45) is 8.69. The van der Waals surface area contributed by atoms with Crippen LogP contribution in [0.25, 0.3) is 0 Å². The summed E-state index contributed by atoms with van der Waals surface area (Å²) in [6, 6.07) is 0.257. The Labute approximate surface area is 96.0 Å². The van der Waals surface area contributed by atoms with Crippen molar-refractivity contribution in [3.05, 3.63) is 11.8 Å². The van der Waals surface area contributed by atoms with Crippen LogP contribution >= 0.6 is 0 Å². The molecule has 88 valence electrons. The molecule has 2 atom stereocenters. The molecule has 2 unspecified atom stereocenters. The Bertz CT molecular complexity index is 322. The second kappa shape index (κ2) is 5.25. The van der Waals surface area contributed by atoms with E-state index in [9.17, 15) is 4.79 Å². The average Bonchev–Trinajstić information content (AvgIpc) is 2.83. The van der Waals surface area contributed by atoms with E-state index >= 15 is 0 Å². The predicted molar refractivity (Wildman–Crippen MR) is 64.1 cm³/mol. The van der Waals surface area contributed by atoms with Gasteiger partial charge in [-0.3, -0.25) is 9.79 Å². The maximum absolute atomic E-state index is 11.9. The number of nitrogens with one attached hydrogen (secondary N) is 1. The Kier molecular flexibility index (Phi) is 3.72. The van der Waals surface area contributed by atoms with E-state index < -0.39 is 0 Å². The van der Waals surface area contributed by atoms with E-state index in [2.05, 4.69) is 10.3 Å². The quantitative estimate of drug-likeness (QED) is 0.746. The number of hydrogen-bond acceptors (Lipinski definition) is 3. The first kappa shape index (κ1) is 11.3. The molecular formula is C12H19N3O. The molecule has 0 aromatic carbocycles. The van der Waals surface area contributed by atoms with Crippen LogP contribution in [0, 0.1) is 5.92 Å². The highest BCUT2D eigenvalue weighted by atomic mass is 16.1. The van der Waals surface area contributed by atoms with E-state index in [1.807, 2.05) is 0 Å². The lowest BCUT2D eigenvalue weighted by Gasteiger charge is -2.31. The molecule has 0 aromatic rings. The summed E-state index contributed by atoms with van der Waals surface area (Å²) in [4.78, 5) is 15.8. The van der Waals surface area contributed by atoms with Crippen molar-refractivity contribution in [1.82, 2.24) is 5.32 Å². The lowest BCUT2D eigenvalue weighted by molar-refractivity contribution is -0.118. The Morgan fingerprint density at radius 2 is 2.31 bits per heavy atom. The summed E-state index contributed by atoms with van der Waals surface area (Å²) in [6.45, 7) is 0.667. The Morgan fingerprint density at radius 1 is 1.50 bits per heavy atom. The van der Waals surface area contributed by atoms with Crippen molar-refractivity contribution in [3.63, 3.8) is 0 Å². The maximum Gasteiger partial charge on any atom is 0.249 e. The van der Waals surface area contributed by atoms with Crippen LogP contribution in [0.3, 0.4) is 0 Å². The molecule has 0 aromatic heterocycles. The molecule has 1 amide bonds. The fourth-order valence-electron chi connectivity index (χ4n) is 2.44. The van der Waals surface area contributed by atoms with Gasteiger partial charge in [0.2, 0.25) is 5.91 Å². The van der Waals surface area contributed by atoms with Gasteiger partial charge in [0.25, 0.3) is 0 Å². The van der Waals surface area contributed by atoms with E-state index in [1.165, 1.54) is 12.8 Å². The molecule has 4 nitrogen and oxygen atoms in total. The third kappa shape index (κ3) is 2.50. The largest absolute Gasteiger partial charge is 0.349 e. The van der Waals surface area contributed by atoms with Gasteiger partial charge in [0.1, 0.15) is 0 Å². The third-order valence-corrected chi connectivity index (χ3v) is 3.47. The van der Waals surface area contributed by atoms with Gasteiger partial charge in [-0.1, -0.05) is 12.8 Å². The standard InChI is InChI=1S/C12H19N3O/c13-7-9-3-1-2-4-11(9)15-12(16)10-5-6-14-8-10/h6,8-9,11H,1-5,7,13H2,(H,15,16). The van der Waals surface area contributed by atoms with Crippen LogP contribution in [0.5, 0.6) is 0 Å². The first-order chi connectivity index (χ1) is 7.81. The van der Waals surface area contributed by atoms with Crippen LogP contribution in [0.4, 0.5) is 0 Å². The van der Waals surface area contributed by atoms with E-state index in [0.717, 1.165) is 18.4 Å². The highest BCUT2D eigenvalue weighted by Crippen LogP contribution is 2.24. The Balaban J connectivity index is 1.89. The summed E-state index contributed by atoms with van der Waals surface area (Å²) in [5, 5.41) is 3.09. The highest BCUT2D eigenvalue weighted by molar-refractivity contribution is 5.98. The predicted octanol–water partition coefficient (Wildman–Crippen LogP) is 0.978. The molecule has 4 heteroatoms. The van der Waals surface area contributed by atoms with Gasteiger partial charge in [-0.2, -0.15) is 0 Å². The fourth-order valence-corrected chi connectivity index (χ4v) is 2.44. The SMILES string of the molecule is NCC1CCCCC1NC(=O)C1=CN=CC1. The molecule has 16 heavy (non-hydrogen) atoms. The van der Waals surface area contributed by atoms with Gasteiger partial charge >= 0.3 is 0 Å². The van der Waals surface area contributed by atoms with E-state index in [1.54, 1.807) is 12.4 Å². The number of hydrogen-bond donors (Lipinski definition) is 2. The van der Waals surface area contributed by atoms with Crippen LogP contribution in [-0.4, -0.2) is 24.7 Å². The molecule has 2 aliphatic rings. The fraction of sp³-hybridized carbons (Fsp3) is 0.667. The van der Waals surface area contributed by atoms with Crippen molar-refractivity contribution >= 4 is 12.1 Å². The number of carbonyl (C=O) groups excluding carboxylic acids is 1. The van der Waals surface area contributed by atoms with Crippen molar-refractivity contribution in [2.45, 2.75) is 38.1 Å². The zero-order valence-corrected chi connectivity index (χ0v) is 9.48. The second-order valence-corrected chi connectivity index (χ2v) is 4.55. The zero-order chi connectivity index (χ0) is 11.4. The van der Waals surface area contributed by atoms with Crippen molar-refractivity contribution in [2.75, 3.05) is 6.54 Å². The summed E-state index contributed by atoms with van der Waals surface area (Å²) in [7, 11) is 0. The van der Waals surface area contributed by atoms with Gasteiger partial charge in [-0.05, 0) is 25.3 Å². The van der Waals surface area contributed by atoms with Crippen molar-refractivity contribution in [1.29, 1.82) is 0 Å². The highest BCUT2D eigenvalue weighted by Gasteiger charge is 2.26. The van der Waals surface area contributed by atoms with Gasteiger partial charge in [0, 0.05) is 30.5 Å². The molecule has 1 aliphatic heterocycles.